The number of nitrogens with two attached hydrogens (primary N) is 1. The van der Waals surface area contributed by atoms with Crippen LogP contribution in [-0.4, -0.2) is 40.4 Å². The second-order valence-corrected chi connectivity index (χ2v) is 13.7. The van der Waals surface area contributed by atoms with Crippen LogP contribution >= 0.6 is 23.2 Å². The molecule has 49 heavy (non-hydrogen) atoms. The first-order valence-electron chi connectivity index (χ1n) is 16.5. The third kappa shape index (κ3) is 8.05. The summed E-state index contributed by atoms with van der Waals surface area (Å²) in [5, 5.41) is 1.12. The largest absolute Gasteiger partial charge is 0.444 e. The van der Waals surface area contributed by atoms with Crippen LogP contribution in [0.15, 0.2) is 134 Å². The Balaban J connectivity index is 1.32. The van der Waals surface area contributed by atoms with E-state index < -0.39 is 23.0 Å². The Kier molecular flexibility index (Phi) is 10.8. The first-order chi connectivity index (χ1) is 23.8. The maximum absolute atomic E-state index is 14.5. The van der Waals surface area contributed by atoms with Crippen molar-refractivity contribution in [3.05, 3.63) is 172 Å². The zero-order valence-corrected chi connectivity index (χ0v) is 28.7. The fourth-order valence-corrected chi connectivity index (χ4v) is 7.36. The third-order valence-corrected chi connectivity index (χ3v) is 9.82. The van der Waals surface area contributed by atoms with Crippen molar-refractivity contribution in [1.29, 1.82) is 0 Å². The standard InChI is InChI=1S/C41H39Cl2N3O3/c42-35-20-18-30(19-21-35)27-40(44)22-10-24-46(29-40)39(48)32(25-31-11-9-23-45-28-31)26-38(47)49-41(33-12-3-1-4-13-33,34-14-5-2-6-15-34)36-16-7-8-17-37(36)43/h1-9,11-21,23,28,32H,10,22,24-27,29,44H2/t32-,40-/m1/s1. The minimum absolute atomic E-state index is 0.130. The second-order valence-electron chi connectivity index (χ2n) is 12.9. The van der Waals surface area contributed by atoms with Gasteiger partial charge in [0.15, 0.2) is 5.60 Å². The summed E-state index contributed by atoms with van der Waals surface area (Å²) in [6, 6.07) is 38.0. The lowest BCUT2D eigenvalue weighted by Gasteiger charge is -2.42. The molecule has 8 heteroatoms. The van der Waals surface area contributed by atoms with Gasteiger partial charge in [-0.1, -0.05) is 120 Å². The number of carbonyl (C=O) groups excluding carboxylic acids is 2. The summed E-state index contributed by atoms with van der Waals surface area (Å²) < 4.78 is 6.67. The number of amides is 1. The van der Waals surface area contributed by atoms with Crippen LogP contribution in [0, 0.1) is 5.92 Å². The van der Waals surface area contributed by atoms with Crippen molar-refractivity contribution < 1.29 is 14.3 Å². The van der Waals surface area contributed by atoms with E-state index in [1.54, 1.807) is 18.5 Å². The van der Waals surface area contributed by atoms with Crippen molar-refractivity contribution in [3.63, 3.8) is 0 Å². The fourth-order valence-electron chi connectivity index (χ4n) is 6.97. The van der Waals surface area contributed by atoms with Crippen LogP contribution in [0.1, 0.15) is 47.1 Å². The van der Waals surface area contributed by atoms with E-state index in [1.807, 2.05) is 120 Å². The predicted octanol–water partition coefficient (Wildman–Crippen LogP) is 8.04. The monoisotopic (exact) mass is 691 g/mol. The highest BCUT2D eigenvalue weighted by atomic mass is 35.5. The molecular formula is C41H39Cl2N3O3. The summed E-state index contributed by atoms with van der Waals surface area (Å²) in [4.78, 5) is 34.9. The molecule has 0 saturated carbocycles. The SMILES string of the molecule is N[C@@]1(Cc2ccc(Cl)cc2)CCCN(C(=O)[C@@H](CC(=O)OC(c2ccccc2)(c2ccccc2)c2ccccc2Cl)Cc2cccnc2)C1. The van der Waals surface area contributed by atoms with Gasteiger partial charge in [0.05, 0.1) is 12.3 Å². The Morgan fingerprint density at radius 3 is 2.12 bits per heavy atom. The number of rotatable bonds is 11. The molecule has 2 atom stereocenters. The molecule has 2 N–H and O–H groups in total. The van der Waals surface area contributed by atoms with Gasteiger partial charge < -0.3 is 15.4 Å². The van der Waals surface area contributed by atoms with Gasteiger partial charge in [0.1, 0.15) is 0 Å². The van der Waals surface area contributed by atoms with E-state index in [1.165, 1.54) is 0 Å². The Hall–Kier alpha value is -4.49. The van der Waals surface area contributed by atoms with Crippen molar-refractivity contribution in [2.75, 3.05) is 13.1 Å². The molecule has 0 aliphatic carbocycles. The van der Waals surface area contributed by atoms with E-state index in [0.29, 0.717) is 41.5 Å². The summed E-state index contributed by atoms with van der Waals surface area (Å²) in [6.45, 7) is 0.944. The molecular weight excluding hydrogens is 653 g/mol. The molecule has 1 aliphatic rings. The lowest BCUT2D eigenvalue weighted by molar-refractivity contribution is -0.157. The Morgan fingerprint density at radius 2 is 1.49 bits per heavy atom. The first-order valence-corrected chi connectivity index (χ1v) is 17.3. The smallest absolute Gasteiger partial charge is 0.308 e. The van der Waals surface area contributed by atoms with Gasteiger partial charge in [0.25, 0.3) is 0 Å². The van der Waals surface area contributed by atoms with Crippen LogP contribution in [-0.2, 0) is 32.8 Å². The number of carbonyl (C=O) groups is 2. The number of nitrogens with zero attached hydrogens (tertiary/aromatic N) is 2. The van der Waals surface area contributed by atoms with E-state index >= 15 is 0 Å². The molecule has 1 aliphatic heterocycles. The van der Waals surface area contributed by atoms with E-state index in [0.717, 1.165) is 35.1 Å². The molecule has 1 amide bonds. The van der Waals surface area contributed by atoms with Crippen molar-refractivity contribution in [2.24, 2.45) is 11.7 Å². The number of aromatic nitrogens is 1. The highest BCUT2D eigenvalue weighted by molar-refractivity contribution is 6.31. The molecule has 5 aromatic rings. The van der Waals surface area contributed by atoms with Gasteiger partial charge in [-0.2, -0.15) is 0 Å². The van der Waals surface area contributed by atoms with E-state index in [9.17, 15) is 9.59 Å². The molecule has 4 aromatic carbocycles. The summed E-state index contributed by atoms with van der Waals surface area (Å²) in [6.07, 6.45) is 5.75. The molecule has 0 unspecified atom stereocenters. The number of hydrogen-bond acceptors (Lipinski definition) is 5. The molecule has 6 nitrogen and oxygen atoms in total. The molecule has 1 saturated heterocycles. The minimum Gasteiger partial charge on any atom is -0.444 e. The summed E-state index contributed by atoms with van der Waals surface area (Å²) in [5.74, 6) is -1.36. The summed E-state index contributed by atoms with van der Waals surface area (Å²) in [7, 11) is 0. The number of halogens is 2. The number of likely N-dealkylation sites (tertiary alicyclic amines) is 1. The predicted molar refractivity (Wildman–Crippen MR) is 194 cm³/mol. The summed E-state index contributed by atoms with van der Waals surface area (Å²) >= 11 is 13.0. The average Bonchev–Trinajstić information content (AvgIpc) is 3.12. The molecule has 6 rings (SSSR count). The molecule has 0 bridgehead atoms. The highest BCUT2D eigenvalue weighted by Gasteiger charge is 2.43. The first kappa shape index (κ1) is 34.4. The summed E-state index contributed by atoms with van der Waals surface area (Å²) in [5.41, 5.74) is 9.01. The quantitative estimate of drug-likeness (QED) is 0.112. The highest BCUT2D eigenvalue weighted by Crippen LogP contribution is 2.44. The topological polar surface area (TPSA) is 85.5 Å². The number of pyridine rings is 1. The van der Waals surface area contributed by atoms with Gasteiger partial charge in [0.2, 0.25) is 5.91 Å². The minimum atomic E-state index is -1.37. The number of ether oxygens (including phenoxy) is 1. The van der Waals surface area contributed by atoms with Gasteiger partial charge in [-0.15, -0.1) is 0 Å². The molecule has 0 spiro atoms. The molecule has 1 aromatic heterocycles. The van der Waals surface area contributed by atoms with Gasteiger partial charge in [0, 0.05) is 57.8 Å². The number of piperidine rings is 1. The van der Waals surface area contributed by atoms with Crippen molar-refractivity contribution in [2.45, 2.75) is 43.2 Å². The van der Waals surface area contributed by atoms with Gasteiger partial charge in [-0.3, -0.25) is 14.6 Å². The van der Waals surface area contributed by atoms with E-state index in [4.69, 9.17) is 33.7 Å². The fraction of sp³-hybridized carbons (Fsp3) is 0.244. The number of benzene rings is 4. The van der Waals surface area contributed by atoms with Crippen molar-refractivity contribution in [1.82, 2.24) is 9.88 Å². The Bertz CT molecular complexity index is 1820. The normalized spacial score (nSPS) is 16.9. The zero-order chi connectivity index (χ0) is 34.3. The zero-order valence-electron chi connectivity index (χ0n) is 27.2. The van der Waals surface area contributed by atoms with Crippen LogP contribution < -0.4 is 5.73 Å². The molecule has 2 heterocycles. The lowest BCUT2D eigenvalue weighted by Crippen LogP contribution is -2.58. The van der Waals surface area contributed by atoms with Crippen molar-refractivity contribution >= 4 is 35.1 Å². The van der Waals surface area contributed by atoms with Crippen LogP contribution in [0.3, 0.4) is 0 Å². The van der Waals surface area contributed by atoms with Crippen LogP contribution in [0.2, 0.25) is 10.0 Å². The van der Waals surface area contributed by atoms with Gasteiger partial charge in [-0.25, -0.2) is 0 Å². The molecule has 250 valence electrons. The van der Waals surface area contributed by atoms with Crippen LogP contribution in [0.25, 0.3) is 0 Å². The molecule has 0 radical (unpaired) electrons. The van der Waals surface area contributed by atoms with Gasteiger partial charge >= 0.3 is 5.97 Å². The molecule has 1 fully saturated rings. The maximum Gasteiger partial charge on any atom is 0.308 e. The lowest BCUT2D eigenvalue weighted by atomic mass is 9.80. The Morgan fingerprint density at radius 1 is 0.837 bits per heavy atom. The van der Waals surface area contributed by atoms with E-state index in [-0.39, 0.29) is 12.3 Å². The Labute approximate surface area is 297 Å². The third-order valence-electron chi connectivity index (χ3n) is 9.24. The van der Waals surface area contributed by atoms with Crippen LogP contribution in [0.5, 0.6) is 0 Å². The van der Waals surface area contributed by atoms with Crippen LogP contribution in [0.4, 0.5) is 0 Å². The number of hydrogen-bond donors (Lipinski definition) is 1. The number of esters is 1. The average molecular weight is 693 g/mol. The van der Waals surface area contributed by atoms with E-state index in [2.05, 4.69) is 4.98 Å². The van der Waals surface area contributed by atoms with Gasteiger partial charge in [-0.05, 0) is 61.1 Å². The maximum atomic E-state index is 14.5. The second kappa shape index (κ2) is 15.4. The van der Waals surface area contributed by atoms with Crippen molar-refractivity contribution in [3.8, 4) is 0 Å².